The topological polar surface area (TPSA) is 80.5 Å². The smallest absolute Gasteiger partial charge is 0.417 e. The molecule has 1 aromatic heterocycles. The number of hydrogen-bond acceptors (Lipinski definition) is 5. The number of carbonyl (C=O) groups excluding carboxylic acids is 1. The lowest BCUT2D eigenvalue weighted by Gasteiger charge is -2.16. The van der Waals surface area contributed by atoms with Crippen molar-refractivity contribution >= 4 is 42.2 Å². The number of carbonyl (C=O) groups is 1. The van der Waals surface area contributed by atoms with Crippen LogP contribution in [0.25, 0.3) is 0 Å². The highest BCUT2D eigenvalue weighted by Crippen LogP contribution is 2.29. The fourth-order valence-corrected chi connectivity index (χ4v) is 2.89. The minimum Gasteiger partial charge on any atom is -0.457 e. The number of nitrogens with two attached hydrogens (primary N) is 1. The van der Waals surface area contributed by atoms with Gasteiger partial charge in [-0.1, -0.05) is 12.1 Å². The molecular formula is C23H25Cl2F3N4O2. The van der Waals surface area contributed by atoms with Gasteiger partial charge in [0.25, 0.3) is 0 Å². The van der Waals surface area contributed by atoms with Crippen molar-refractivity contribution in [1.29, 1.82) is 0 Å². The van der Waals surface area contributed by atoms with Crippen LogP contribution in [0.4, 0.5) is 24.7 Å². The number of benzene rings is 2. The first-order chi connectivity index (χ1) is 15.1. The summed E-state index contributed by atoms with van der Waals surface area (Å²) in [6, 6.07) is 15.8. The van der Waals surface area contributed by atoms with E-state index in [0.29, 0.717) is 29.4 Å². The van der Waals surface area contributed by atoms with E-state index in [9.17, 15) is 18.0 Å². The van der Waals surface area contributed by atoms with Crippen molar-refractivity contribution in [3.8, 4) is 11.5 Å². The molecule has 3 N–H and O–H groups in total. The summed E-state index contributed by atoms with van der Waals surface area (Å²) in [6.07, 6.45) is -3.21. The van der Waals surface area contributed by atoms with Crippen LogP contribution in [-0.2, 0) is 17.4 Å². The van der Waals surface area contributed by atoms with Gasteiger partial charge in [0.15, 0.2) is 0 Å². The van der Waals surface area contributed by atoms with Gasteiger partial charge in [-0.2, -0.15) is 13.2 Å². The highest BCUT2D eigenvalue weighted by Gasteiger charge is 2.30. The maximum Gasteiger partial charge on any atom is 0.417 e. The van der Waals surface area contributed by atoms with Gasteiger partial charge in [0.2, 0.25) is 5.91 Å². The average Bonchev–Trinajstić information content (AvgIpc) is 2.75. The number of alkyl halides is 3. The molecule has 11 heteroatoms. The Morgan fingerprint density at radius 3 is 2.03 bits per heavy atom. The van der Waals surface area contributed by atoms with Crippen LogP contribution in [0.5, 0.6) is 11.5 Å². The zero-order valence-corrected chi connectivity index (χ0v) is 20.0. The van der Waals surface area contributed by atoms with Gasteiger partial charge in [-0.05, 0) is 60.5 Å². The fourth-order valence-electron chi connectivity index (χ4n) is 2.89. The molecule has 3 aromatic rings. The summed E-state index contributed by atoms with van der Waals surface area (Å²) < 4.78 is 43.6. The molecule has 2 aromatic carbocycles. The molecule has 0 bridgehead atoms. The highest BCUT2D eigenvalue weighted by atomic mass is 35.5. The van der Waals surface area contributed by atoms with Crippen molar-refractivity contribution < 1.29 is 22.7 Å². The van der Waals surface area contributed by atoms with Crippen LogP contribution < -0.4 is 15.8 Å². The molecule has 0 radical (unpaired) electrons. The zero-order valence-electron chi connectivity index (χ0n) is 18.4. The van der Waals surface area contributed by atoms with Crippen LogP contribution in [0.15, 0.2) is 66.9 Å². The number of anilines is 2. The molecular weight excluding hydrogens is 492 g/mol. The lowest BCUT2D eigenvalue weighted by molar-refractivity contribution is -0.137. The van der Waals surface area contributed by atoms with E-state index in [1.165, 1.54) is 11.0 Å². The van der Waals surface area contributed by atoms with Gasteiger partial charge in [0, 0.05) is 26.0 Å². The van der Waals surface area contributed by atoms with Gasteiger partial charge < -0.3 is 20.7 Å². The second kappa shape index (κ2) is 12.5. The molecule has 0 aliphatic rings. The largest absolute Gasteiger partial charge is 0.457 e. The maximum absolute atomic E-state index is 12.6. The predicted octanol–water partition coefficient (Wildman–Crippen LogP) is 5.44. The number of amides is 1. The van der Waals surface area contributed by atoms with Crippen molar-refractivity contribution in [2.75, 3.05) is 19.4 Å². The van der Waals surface area contributed by atoms with Crippen LogP contribution in [0.1, 0.15) is 11.1 Å². The molecule has 6 nitrogen and oxygen atoms in total. The second-order valence-electron chi connectivity index (χ2n) is 7.37. The van der Waals surface area contributed by atoms with E-state index in [-0.39, 0.29) is 30.7 Å². The molecule has 0 aliphatic carbocycles. The van der Waals surface area contributed by atoms with Gasteiger partial charge in [-0.15, -0.1) is 24.8 Å². The lowest BCUT2D eigenvalue weighted by atomic mass is 10.1. The molecule has 0 spiro atoms. The number of ether oxygens (including phenoxy) is 1. The van der Waals surface area contributed by atoms with E-state index in [2.05, 4.69) is 10.3 Å². The summed E-state index contributed by atoms with van der Waals surface area (Å²) >= 11 is 0. The quantitative estimate of drug-likeness (QED) is 0.437. The molecule has 0 unspecified atom stereocenters. The SMILES string of the molecule is CN(C)C(=O)[C@H](N)Cc1ccc(Oc2ccc(Nc3ccc(C(F)(F)F)cn3)cc2)cc1.Cl.Cl. The molecule has 0 saturated carbocycles. The lowest BCUT2D eigenvalue weighted by Crippen LogP contribution is -2.41. The van der Waals surface area contributed by atoms with Crippen molar-refractivity contribution in [3.05, 3.63) is 78.0 Å². The Hall–Kier alpha value is -3.01. The zero-order chi connectivity index (χ0) is 23.3. The van der Waals surface area contributed by atoms with Gasteiger partial charge >= 0.3 is 6.18 Å². The maximum atomic E-state index is 12.6. The molecule has 34 heavy (non-hydrogen) atoms. The normalized spacial score (nSPS) is 11.5. The molecule has 0 fully saturated rings. The number of likely N-dealkylation sites (N-methyl/N-ethyl adjacent to an activating group) is 1. The Morgan fingerprint density at radius 2 is 1.56 bits per heavy atom. The minimum atomic E-state index is -4.42. The standard InChI is InChI=1S/C23H23F3N4O2.2ClH/c1-30(2)22(31)20(27)13-15-3-8-18(9-4-15)32-19-10-6-17(7-11-19)29-21-12-5-16(14-28-21)23(24,25)26;;/h3-12,14,20H,13,27H2,1-2H3,(H,28,29);2*1H/t20-;;/m1../s1. The molecule has 1 amide bonds. The number of rotatable bonds is 7. The van der Waals surface area contributed by atoms with Crippen molar-refractivity contribution in [2.24, 2.45) is 5.73 Å². The summed E-state index contributed by atoms with van der Waals surface area (Å²) in [6.45, 7) is 0. The van der Waals surface area contributed by atoms with Crippen LogP contribution in [-0.4, -0.2) is 35.9 Å². The Labute approximate surface area is 208 Å². The summed E-state index contributed by atoms with van der Waals surface area (Å²) in [7, 11) is 3.33. The monoisotopic (exact) mass is 516 g/mol. The van der Waals surface area contributed by atoms with Crippen molar-refractivity contribution in [3.63, 3.8) is 0 Å². The Bertz CT molecular complexity index is 1050. The Morgan fingerprint density at radius 1 is 1.00 bits per heavy atom. The third-order valence-electron chi connectivity index (χ3n) is 4.59. The first-order valence-electron chi connectivity index (χ1n) is 9.76. The number of nitrogens with one attached hydrogen (secondary N) is 1. The third-order valence-corrected chi connectivity index (χ3v) is 4.59. The van der Waals surface area contributed by atoms with Crippen molar-refractivity contribution in [1.82, 2.24) is 9.88 Å². The molecule has 184 valence electrons. The van der Waals surface area contributed by atoms with Crippen LogP contribution in [0, 0.1) is 0 Å². The minimum absolute atomic E-state index is 0. The van der Waals surface area contributed by atoms with Gasteiger partial charge in [-0.3, -0.25) is 4.79 Å². The Balaban J connectivity index is 0.00000289. The number of nitrogens with zero attached hydrogens (tertiary/aromatic N) is 2. The van der Waals surface area contributed by atoms with Gasteiger partial charge in [-0.25, -0.2) is 4.98 Å². The van der Waals surface area contributed by atoms with E-state index < -0.39 is 17.8 Å². The molecule has 1 atom stereocenters. The molecule has 1 heterocycles. The van der Waals surface area contributed by atoms with E-state index in [1.807, 2.05) is 12.1 Å². The molecule has 0 aliphatic heterocycles. The van der Waals surface area contributed by atoms with E-state index >= 15 is 0 Å². The molecule has 3 rings (SSSR count). The average molecular weight is 517 g/mol. The highest BCUT2D eigenvalue weighted by molar-refractivity contribution is 5.85. The summed E-state index contributed by atoms with van der Waals surface area (Å²) in [4.78, 5) is 17.1. The van der Waals surface area contributed by atoms with E-state index in [0.717, 1.165) is 17.8 Å². The predicted molar refractivity (Wildman–Crippen MR) is 130 cm³/mol. The summed E-state index contributed by atoms with van der Waals surface area (Å²) in [5.74, 6) is 1.37. The van der Waals surface area contributed by atoms with Crippen LogP contribution in [0.3, 0.4) is 0 Å². The first kappa shape index (κ1) is 29.0. The van der Waals surface area contributed by atoms with Crippen LogP contribution >= 0.6 is 24.8 Å². The van der Waals surface area contributed by atoms with E-state index in [1.54, 1.807) is 50.5 Å². The van der Waals surface area contributed by atoms with Gasteiger partial charge in [0.1, 0.15) is 17.3 Å². The van der Waals surface area contributed by atoms with Crippen LogP contribution in [0.2, 0.25) is 0 Å². The van der Waals surface area contributed by atoms with Crippen molar-refractivity contribution in [2.45, 2.75) is 18.6 Å². The number of aromatic nitrogens is 1. The number of pyridine rings is 1. The fraction of sp³-hybridized carbons (Fsp3) is 0.217. The summed E-state index contributed by atoms with van der Waals surface area (Å²) in [5, 5.41) is 2.94. The first-order valence-corrected chi connectivity index (χ1v) is 9.76. The number of hydrogen-bond donors (Lipinski definition) is 2. The third kappa shape index (κ3) is 8.09. The van der Waals surface area contributed by atoms with E-state index in [4.69, 9.17) is 10.5 Å². The Kier molecular flexibility index (Phi) is 10.6. The van der Waals surface area contributed by atoms with Gasteiger partial charge in [0.05, 0.1) is 11.6 Å². The number of halogens is 5. The second-order valence-corrected chi connectivity index (χ2v) is 7.37. The molecule has 0 saturated heterocycles. The summed E-state index contributed by atoms with van der Waals surface area (Å²) in [5.41, 5.74) is 6.70.